The molecule has 0 aliphatic heterocycles. The highest BCUT2D eigenvalue weighted by Crippen LogP contribution is 2.28. The lowest BCUT2D eigenvalue weighted by molar-refractivity contribution is -0.123. The average molecular weight is 244 g/mol. The second kappa shape index (κ2) is 6.35. The van der Waals surface area contributed by atoms with Crippen molar-refractivity contribution < 1.29 is 14.6 Å². The third kappa shape index (κ3) is 3.40. The molecule has 0 atom stereocenters. The largest absolute Gasteiger partial charge is 0.482 e. The van der Waals surface area contributed by atoms with Crippen molar-refractivity contribution in [1.82, 2.24) is 5.32 Å². The summed E-state index contributed by atoms with van der Waals surface area (Å²) in [7, 11) is 0. The number of benzene rings is 1. The van der Waals surface area contributed by atoms with E-state index in [1.807, 2.05) is 6.92 Å². The summed E-state index contributed by atoms with van der Waals surface area (Å²) in [5.41, 5.74) is 0.566. The number of hydrogen-bond acceptors (Lipinski definition) is 3. The van der Waals surface area contributed by atoms with E-state index in [0.29, 0.717) is 22.9 Å². The first-order valence-corrected chi connectivity index (χ1v) is 5.34. The van der Waals surface area contributed by atoms with Gasteiger partial charge in [-0.05, 0) is 13.0 Å². The zero-order valence-electron chi connectivity index (χ0n) is 9.00. The Balaban J connectivity index is 2.69. The van der Waals surface area contributed by atoms with E-state index in [9.17, 15) is 4.79 Å². The fourth-order valence-electron chi connectivity index (χ4n) is 1.23. The molecule has 16 heavy (non-hydrogen) atoms. The Morgan fingerprint density at radius 2 is 2.31 bits per heavy atom. The van der Waals surface area contributed by atoms with Gasteiger partial charge in [0.05, 0.1) is 11.6 Å². The number of halogens is 1. The summed E-state index contributed by atoms with van der Waals surface area (Å²) >= 11 is 5.90. The van der Waals surface area contributed by atoms with Crippen LogP contribution in [0.3, 0.4) is 0 Å². The van der Waals surface area contributed by atoms with Gasteiger partial charge in [-0.2, -0.15) is 0 Å². The van der Waals surface area contributed by atoms with Crippen molar-refractivity contribution in [3.63, 3.8) is 0 Å². The van der Waals surface area contributed by atoms with Crippen molar-refractivity contribution in [2.75, 3.05) is 13.2 Å². The molecule has 0 fully saturated rings. The number of carbonyl (C=O) groups is 1. The minimum absolute atomic E-state index is 0.107. The van der Waals surface area contributed by atoms with E-state index < -0.39 is 0 Å². The zero-order valence-corrected chi connectivity index (χ0v) is 9.75. The smallest absolute Gasteiger partial charge is 0.257 e. The van der Waals surface area contributed by atoms with Gasteiger partial charge >= 0.3 is 0 Å². The molecule has 1 rings (SSSR count). The molecule has 0 saturated heterocycles. The van der Waals surface area contributed by atoms with Crippen LogP contribution in [0.4, 0.5) is 0 Å². The Hall–Kier alpha value is -1.26. The number of nitrogens with one attached hydrogen (secondary N) is 1. The molecule has 0 aliphatic rings. The van der Waals surface area contributed by atoms with Crippen molar-refractivity contribution in [2.45, 2.75) is 13.5 Å². The molecule has 4 nitrogen and oxygen atoms in total. The Labute approximate surface area is 99.2 Å². The molecule has 1 amide bonds. The number of carbonyl (C=O) groups excluding carboxylic acids is 1. The summed E-state index contributed by atoms with van der Waals surface area (Å²) in [4.78, 5) is 11.2. The maximum Gasteiger partial charge on any atom is 0.257 e. The van der Waals surface area contributed by atoms with Gasteiger partial charge in [-0.3, -0.25) is 4.79 Å². The van der Waals surface area contributed by atoms with E-state index in [4.69, 9.17) is 21.4 Å². The van der Waals surface area contributed by atoms with E-state index in [-0.39, 0.29) is 19.1 Å². The highest BCUT2D eigenvalue weighted by Gasteiger charge is 2.09. The number of para-hydroxylation sites is 1. The van der Waals surface area contributed by atoms with E-state index in [2.05, 4.69) is 5.32 Å². The van der Waals surface area contributed by atoms with Gasteiger partial charge in [0.1, 0.15) is 5.75 Å². The lowest BCUT2D eigenvalue weighted by Crippen LogP contribution is -2.28. The van der Waals surface area contributed by atoms with Gasteiger partial charge < -0.3 is 15.2 Å². The number of ether oxygens (including phenoxy) is 1. The molecule has 0 saturated carbocycles. The molecule has 1 aromatic rings. The van der Waals surface area contributed by atoms with Gasteiger partial charge in [-0.15, -0.1) is 0 Å². The maximum absolute atomic E-state index is 11.2. The molecule has 0 aromatic heterocycles. The molecule has 1 aromatic carbocycles. The van der Waals surface area contributed by atoms with Gasteiger partial charge in [0.15, 0.2) is 6.61 Å². The first kappa shape index (κ1) is 12.8. The lowest BCUT2D eigenvalue weighted by Gasteiger charge is -2.11. The van der Waals surface area contributed by atoms with Crippen LogP contribution in [0.15, 0.2) is 18.2 Å². The summed E-state index contributed by atoms with van der Waals surface area (Å²) in [5, 5.41) is 12.1. The summed E-state index contributed by atoms with van der Waals surface area (Å²) in [6.45, 7) is 2.10. The van der Waals surface area contributed by atoms with Gasteiger partial charge in [0.25, 0.3) is 5.91 Å². The van der Waals surface area contributed by atoms with Crippen LogP contribution in [-0.2, 0) is 11.4 Å². The number of aliphatic hydroxyl groups is 1. The SMILES string of the molecule is CCNC(=O)COc1c(Cl)cccc1CO. The van der Waals surface area contributed by atoms with Gasteiger partial charge in [-0.1, -0.05) is 23.7 Å². The third-order valence-corrected chi connectivity index (χ3v) is 2.24. The number of rotatable bonds is 5. The standard InChI is InChI=1S/C11H14ClNO3/c1-2-13-10(15)7-16-11-8(6-14)4-3-5-9(11)12/h3-5,14H,2,6-7H2,1H3,(H,13,15). The summed E-state index contributed by atoms with van der Waals surface area (Å²) in [6.07, 6.45) is 0. The first-order chi connectivity index (χ1) is 7.69. The normalized spacial score (nSPS) is 9.94. The molecule has 88 valence electrons. The Bertz CT molecular complexity index is 368. The topological polar surface area (TPSA) is 58.6 Å². The highest BCUT2D eigenvalue weighted by molar-refractivity contribution is 6.32. The van der Waals surface area contributed by atoms with Crippen LogP contribution in [0, 0.1) is 0 Å². The first-order valence-electron chi connectivity index (χ1n) is 4.96. The molecule has 0 unspecified atom stereocenters. The molecule has 2 N–H and O–H groups in total. The molecule has 5 heteroatoms. The predicted octanol–water partition coefficient (Wildman–Crippen LogP) is 1.35. The van der Waals surface area contributed by atoms with Crippen molar-refractivity contribution >= 4 is 17.5 Å². The predicted molar refractivity (Wildman–Crippen MR) is 61.6 cm³/mol. The van der Waals surface area contributed by atoms with Crippen LogP contribution in [0.2, 0.25) is 5.02 Å². The minimum atomic E-state index is -0.216. The molecular weight excluding hydrogens is 230 g/mol. The molecule has 0 aliphatic carbocycles. The van der Waals surface area contributed by atoms with Crippen LogP contribution < -0.4 is 10.1 Å². The maximum atomic E-state index is 11.2. The lowest BCUT2D eigenvalue weighted by atomic mass is 10.2. The Morgan fingerprint density at radius 3 is 2.94 bits per heavy atom. The quantitative estimate of drug-likeness (QED) is 0.821. The fraction of sp³-hybridized carbons (Fsp3) is 0.364. The summed E-state index contributed by atoms with van der Waals surface area (Å²) < 4.78 is 5.27. The molecule has 0 radical (unpaired) electrons. The number of aliphatic hydroxyl groups excluding tert-OH is 1. The second-order valence-corrected chi connectivity index (χ2v) is 3.54. The van der Waals surface area contributed by atoms with E-state index in [1.165, 1.54) is 0 Å². The van der Waals surface area contributed by atoms with Crippen molar-refractivity contribution in [3.8, 4) is 5.75 Å². The second-order valence-electron chi connectivity index (χ2n) is 3.13. The molecule has 0 spiro atoms. The van der Waals surface area contributed by atoms with E-state index in [1.54, 1.807) is 18.2 Å². The summed E-state index contributed by atoms with van der Waals surface area (Å²) in [6, 6.07) is 5.06. The third-order valence-electron chi connectivity index (χ3n) is 1.94. The van der Waals surface area contributed by atoms with Crippen LogP contribution >= 0.6 is 11.6 Å². The number of amides is 1. The minimum Gasteiger partial charge on any atom is -0.482 e. The molecule has 0 heterocycles. The van der Waals surface area contributed by atoms with Crippen LogP contribution in [0.1, 0.15) is 12.5 Å². The Morgan fingerprint density at radius 1 is 1.56 bits per heavy atom. The highest BCUT2D eigenvalue weighted by atomic mass is 35.5. The van der Waals surface area contributed by atoms with E-state index >= 15 is 0 Å². The van der Waals surface area contributed by atoms with Crippen molar-refractivity contribution in [3.05, 3.63) is 28.8 Å². The van der Waals surface area contributed by atoms with Gasteiger partial charge in [-0.25, -0.2) is 0 Å². The Kier molecular flexibility index (Phi) is 5.08. The van der Waals surface area contributed by atoms with Crippen molar-refractivity contribution in [1.29, 1.82) is 0 Å². The average Bonchev–Trinajstić information content (AvgIpc) is 2.27. The zero-order chi connectivity index (χ0) is 12.0. The van der Waals surface area contributed by atoms with Crippen molar-refractivity contribution in [2.24, 2.45) is 0 Å². The van der Waals surface area contributed by atoms with Crippen LogP contribution in [-0.4, -0.2) is 24.2 Å². The molecule has 0 bridgehead atoms. The van der Waals surface area contributed by atoms with Gasteiger partial charge in [0, 0.05) is 12.1 Å². The van der Waals surface area contributed by atoms with E-state index in [0.717, 1.165) is 0 Å². The summed E-state index contributed by atoms with van der Waals surface area (Å²) in [5.74, 6) is 0.143. The fourth-order valence-corrected chi connectivity index (χ4v) is 1.47. The van der Waals surface area contributed by atoms with Gasteiger partial charge in [0.2, 0.25) is 0 Å². The van der Waals surface area contributed by atoms with Crippen LogP contribution in [0.25, 0.3) is 0 Å². The molecular formula is C11H14ClNO3. The number of hydrogen-bond donors (Lipinski definition) is 2. The monoisotopic (exact) mass is 243 g/mol. The number of likely N-dealkylation sites (N-methyl/N-ethyl adjacent to an activating group) is 1. The van der Waals surface area contributed by atoms with Crippen LogP contribution in [0.5, 0.6) is 5.75 Å².